The first-order valence-electron chi connectivity index (χ1n) is 11.6. The number of methoxy groups -OCH3 is 1. The second-order valence-corrected chi connectivity index (χ2v) is 8.98. The number of rotatable bonds is 7. The molecule has 37 heavy (non-hydrogen) atoms. The molecule has 0 unspecified atom stereocenters. The van der Waals surface area contributed by atoms with E-state index < -0.39 is 11.7 Å². The van der Waals surface area contributed by atoms with Crippen molar-refractivity contribution in [3.05, 3.63) is 60.2 Å². The lowest BCUT2D eigenvalue weighted by Gasteiger charge is -2.14. The molecule has 3 heterocycles. The predicted molar refractivity (Wildman–Crippen MR) is 137 cm³/mol. The van der Waals surface area contributed by atoms with E-state index in [4.69, 9.17) is 4.74 Å². The van der Waals surface area contributed by atoms with Gasteiger partial charge in [-0.15, -0.1) is 0 Å². The first-order valence-corrected chi connectivity index (χ1v) is 11.6. The highest BCUT2D eigenvalue weighted by molar-refractivity contribution is 5.98. The second kappa shape index (κ2) is 9.40. The number of ether oxygens (including phenoxy) is 1. The number of imidazole rings is 1. The van der Waals surface area contributed by atoms with Crippen LogP contribution in [0.5, 0.6) is 5.75 Å². The summed E-state index contributed by atoms with van der Waals surface area (Å²) in [5.74, 6) is 1.46. The third kappa shape index (κ3) is 4.69. The number of para-hydroxylation sites is 1. The standard InChI is InChI=1S/C26H26F3N7O/c1-15-32-20-12-16(8-9-21(20)36(15)11-10-35(2)3)33-25-31-14-19(26(27,28)29)23(34-25)18-13-30-24-17(18)6-5-7-22(24)37-4/h5-9,12-14,30H,10-11H2,1-4H3,(H,31,33,34). The number of aromatic nitrogens is 5. The van der Waals surface area contributed by atoms with Gasteiger partial charge in [-0.25, -0.2) is 15.0 Å². The van der Waals surface area contributed by atoms with Crippen molar-refractivity contribution in [2.75, 3.05) is 33.1 Å². The monoisotopic (exact) mass is 509 g/mol. The summed E-state index contributed by atoms with van der Waals surface area (Å²) < 4.78 is 49.2. The van der Waals surface area contributed by atoms with Crippen molar-refractivity contribution < 1.29 is 17.9 Å². The zero-order valence-electron chi connectivity index (χ0n) is 20.8. The van der Waals surface area contributed by atoms with Crippen molar-refractivity contribution >= 4 is 33.6 Å². The van der Waals surface area contributed by atoms with Crippen LogP contribution < -0.4 is 10.1 Å². The number of fused-ring (bicyclic) bond motifs is 2. The summed E-state index contributed by atoms with van der Waals surface area (Å²) in [7, 11) is 5.54. The number of aryl methyl sites for hydroxylation is 1. The molecule has 0 radical (unpaired) electrons. The van der Waals surface area contributed by atoms with Gasteiger partial charge in [0.05, 0.1) is 29.4 Å². The maximum atomic E-state index is 13.9. The van der Waals surface area contributed by atoms with E-state index in [2.05, 4.69) is 34.7 Å². The van der Waals surface area contributed by atoms with Gasteiger partial charge in [-0.3, -0.25) is 0 Å². The summed E-state index contributed by atoms with van der Waals surface area (Å²) in [5, 5.41) is 3.61. The minimum absolute atomic E-state index is 0.0448. The lowest BCUT2D eigenvalue weighted by molar-refractivity contribution is -0.137. The van der Waals surface area contributed by atoms with Crippen molar-refractivity contribution in [1.29, 1.82) is 0 Å². The van der Waals surface area contributed by atoms with E-state index in [0.717, 1.165) is 36.1 Å². The summed E-state index contributed by atoms with van der Waals surface area (Å²) >= 11 is 0. The lowest BCUT2D eigenvalue weighted by Crippen LogP contribution is -2.18. The Kier molecular flexibility index (Phi) is 6.24. The summed E-state index contributed by atoms with van der Waals surface area (Å²) in [6.45, 7) is 3.61. The van der Waals surface area contributed by atoms with Gasteiger partial charge in [0, 0.05) is 42.1 Å². The molecule has 0 aliphatic rings. The van der Waals surface area contributed by atoms with Crippen LogP contribution in [0.1, 0.15) is 11.4 Å². The second-order valence-electron chi connectivity index (χ2n) is 8.98. The van der Waals surface area contributed by atoms with Crippen LogP contribution in [0.25, 0.3) is 33.2 Å². The third-order valence-electron chi connectivity index (χ3n) is 6.21. The van der Waals surface area contributed by atoms with Gasteiger partial charge in [0.2, 0.25) is 5.95 Å². The van der Waals surface area contributed by atoms with Crippen LogP contribution in [0.4, 0.5) is 24.8 Å². The number of nitrogens with zero attached hydrogens (tertiary/aromatic N) is 5. The van der Waals surface area contributed by atoms with Crippen LogP contribution in [0.2, 0.25) is 0 Å². The first-order chi connectivity index (χ1) is 17.7. The zero-order chi connectivity index (χ0) is 26.3. The fraction of sp³-hybridized carbons (Fsp3) is 0.269. The van der Waals surface area contributed by atoms with Gasteiger partial charge in [0.1, 0.15) is 17.1 Å². The van der Waals surface area contributed by atoms with Crippen LogP contribution in [-0.2, 0) is 12.7 Å². The van der Waals surface area contributed by atoms with E-state index in [0.29, 0.717) is 27.9 Å². The average molecular weight is 510 g/mol. The van der Waals surface area contributed by atoms with E-state index in [-0.39, 0.29) is 11.6 Å². The molecule has 0 bridgehead atoms. The van der Waals surface area contributed by atoms with Gasteiger partial charge >= 0.3 is 6.18 Å². The summed E-state index contributed by atoms with van der Waals surface area (Å²) in [6, 6.07) is 10.8. The van der Waals surface area contributed by atoms with Gasteiger partial charge in [-0.05, 0) is 45.3 Å². The molecule has 11 heteroatoms. The highest BCUT2D eigenvalue weighted by atomic mass is 19.4. The summed E-state index contributed by atoms with van der Waals surface area (Å²) in [4.78, 5) is 18.0. The number of anilines is 2. The molecule has 0 amide bonds. The number of hydrogen-bond donors (Lipinski definition) is 2. The first kappa shape index (κ1) is 24.6. The quantitative estimate of drug-likeness (QED) is 0.297. The average Bonchev–Trinajstić information content (AvgIpc) is 3.41. The predicted octanol–water partition coefficient (Wildman–Crippen LogP) is 5.62. The number of halogens is 3. The van der Waals surface area contributed by atoms with E-state index in [1.54, 1.807) is 18.2 Å². The minimum Gasteiger partial charge on any atom is -0.495 e. The van der Waals surface area contributed by atoms with E-state index >= 15 is 0 Å². The van der Waals surface area contributed by atoms with Crippen molar-refractivity contribution in [2.45, 2.75) is 19.6 Å². The van der Waals surface area contributed by atoms with Crippen molar-refractivity contribution in [1.82, 2.24) is 29.4 Å². The Morgan fingerprint density at radius 1 is 1.14 bits per heavy atom. The SMILES string of the molecule is COc1cccc2c(-c3nc(Nc4ccc5c(c4)nc(C)n5CCN(C)C)ncc3C(F)(F)F)c[nH]c12. The Morgan fingerprint density at radius 2 is 1.95 bits per heavy atom. The van der Waals surface area contributed by atoms with Gasteiger partial charge in [0.25, 0.3) is 0 Å². The largest absolute Gasteiger partial charge is 0.495 e. The minimum atomic E-state index is -4.63. The smallest absolute Gasteiger partial charge is 0.419 e. The molecule has 0 aliphatic heterocycles. The number of benzene rings is 2. The number of likely N-dealkylation sites (N-methyl/N-ethyl adjacent to an activating group) is 1. The molecule has 3 aromatic heterocycles. The molecular weight excluding hydrogens is 483 g/mol. The normalized spacial score (nSPS) is 12.1. The van der Waals surface area contributed by atoms with Gasteiger partial charge in [-0.2, -0.15) is 13.2 Å². The molecule has 0 fully saturated rings. The maximum Gasteiger partial charge on any atom is 0.419 e. The molecule has 0 saturated carbocycles. The molecular formula is C26H26F3N7O. The molecule has 5 aromatic rings. The van der Waals surface area contributed by atoms with Crippen LogP contribution in [-0.4, -0.2) is 57.2 Å². The summed E-state index contributed by atoms with van der Waals surface area (Å²) in [5.41, 5.74) is 2.12. The highest BCUT2D eigenvalue weighted by Gasteiger charge is 2.36. The Hall–Kier alpha value is -4.12. The number of alkyl halides is 3. The lowest BCUT2D eigenvalue weighted by atomic mass is 10.1. The molecule has 8 nitrogen and oxygen atoms in total. The molecule has 5 rings (SSSR count). The number of nitrogens with one attached hydrogen (secondary N) is 2. The molecule has 0 saturated heterocycles. The van der Waals surface area contributed by atoms with Crippen LogP contribution in [0, 0.1) is 6.92 Å². The number of H-pyrrole nitrogens is 1. The Bertz CT molecular complexity index is 1590. The molecule has 192 valence electrons. The molecule has 0 spiro atoms. The van der Waals surface area contributed by atoms with Gasteiger partial charge < -0.3 is 24.5 Å². The third-order valence-corrected chi connectivity index (χ3v) is 6.21. The zero-order valence-corrected chi connectivity index (χ0v) is 20.8. The van der Waals surface area contributed by atoms with Crippen LogP contribution in [0.3, 0.4) is 0 Å². The van der Waals surface area contributed by atoms with Gasteiger partial charge in [0.15, 0.2) is 0 Å². The summed E-state index contributed by atoms with van der Waals surface area (Å²) in [6.07, 6.45) is -2.32. The van der Waals surface area contributed by atoms with Crippen LogP contribution >= 0.6 is 0 Å². The number of hydrogen-bond acceptors (Lipinski definition) is 6. The highest BCUT2D eigenvalue weighted by Crippen LogP contribution is 2.40. The molecule has 2 aromatic carbocycles. The Morgan fingerprint density at radius 3 is 2.68 bits per heavy atom. The van der Waals surface area contributed by atoms with E-state index in [1.807, 2.05) is 39.2 Å². The van der Waals surface area contributed by atoms with Crippen LogP contribution in [0.15, 0.2) is 48.8 Å². The maximum absolute atomic E-state index is 13.9. The fourth-order valence-corrected chi connectivity index (χ4v) is 4.39. The van der Waals surface area contributed by atoms with Crippen molar-refractivity contribution in [2.24, 2.45) is 0 Å². The fourth-order valence-electron chi connectivity index (χ4n) is 4.39. The Balaban J connectivity index is 1.53. The van der Waals surface area contributed by atoms with E-state index in [1.165, 1.54) is 13.3 Å². The van der Waals surface area contributed by atoms with E-state index in [9.17, 15) is 13.2 Å². The van der Waals surface area contributed by atoms with Gasteiger partial charge in [-0.1, -0.05) is 12.1 Å². The topological polar surface area (TPSA) is 83.9 Å². The van der Waals surface area contributed by atoms with Crippen molar-refractivity contribution in [3.63, 3.8) is 0 Å². The van der Waals surface area contributed by atoms with Crippen molar-refractivity contribution in [3.8, 4) is 17.0 Å². The molecule has 2 N–H and O–H groups in total. The Labute approximate surface area is 211 Å². The molecule has 0 atom stereocenters. The molecule has 0 aliphatic carbocycles. The number of aromatic amines is 1.